The summed E-state index contributed by atoms with van der Waals surface area (Å²) in [5.41, 5.74) is 0.924. The molecule has 2 amide bonds. The van der Waals surface area contributed by atoms with E-state index in [1.54, 1.807) is 23.5 Å². The van der Waals surface area contributed by atoms with E-state index in [1.165, 1.54) is 12.1 Å². The molecule has 1 aromatic carbocycles. The molecule has 3 heterocycles. The average molecular weight is 461 g/mol. The van der Waals surface area contributed by atoms with Crippen LogP contribution in [0.3, 0.4) is 0 Å². The zero-order chi connectivity index (χ0) is 22.3. The lowest BCUT2D eigenvalue weighted by Crippen LogP contribution is -2.53. The van der Waals surface area contributed by atoms with Gasteiger partial charge in [0.25, 0.3) is 0 Å². The van der Waals surface area contributed by atoms with Gasteiger partial charge in [-0.2, -0.15) is 0 Å². The van der Waals surface area contributed by atoms with Gasteiger partial charge < -0.3 is 14.5 Å². The maximum Gasteiger partial charge on any atom is 0.236 e. The minimum absolute atomic E-state index is 0.0350. The molecule has 0 spiro atoms. The van der Waals surface area contributed by atoms with Crippen molar-refractivity contribution in [3.63, 3.8) is 0 Å². The van der Waals surface area contributed by atoms with Crippen LogP contribution in [0.5, 0.6) is 0 Å². The number of ether oxygens (including phenoxy) is 1. The highest BCUT2D eigenvalue weighted by Crippen LogP contribution is 2.26. The van der Waals surface area contributed by atoms with Crippen molar-refractivity contribution in [2.75, 3.05) is 65.6 Å². The second-order valence-electron chi connectivity index (χ2n) is 8.03. The topological polar surface area (TPSA) is 65.1 Å². The molecule has 2 aromatic rings. The third-order valence-electron chi connectivity index (χ3n) is 5.94. The molecule has 1 aromatic heterocycles. The number of amides is 2. The van der Waals surface area contributed by atoms with Gasteiger partial charge in [-0.25, -0.2) is 4.39 Å². The van der Waals surface area contributed by atoms with Crippen LogP contribution in [0, 0.1) is 5.82 Å². The van der Waals surface area contributed by atoms with Gasteiger partial charge in [-0.1, -0.05) is 18.2 Å². The summed E-state index contributed by atoms with van der Waals surface area (Å²) in [6, 6.07) is 10.2. The number of piperazine rings is 1. The number of nitrogens with one attached hydrogen (secondary N) is 1. The van der Waals surface area contributed by atoms with Crippen LogP contribution in [-0.4, -0.2) is 92.1 Å². The number of thiophene rings is 1. The van der Waals surface area contributed by atoms with E-state index < -0.39 is 0 Å². The van der Waals surface area contributed by atoms with Crippen molar-refractivity contribution in [1.82, 2.24) is 20.0 Å². The van der Waals surface area contributed by atoms with Gasteiger partial charge >= 0.3 is 0 Å². The van der Waals surface area contributed by atoms with E-state index in [1.807, 2.05) is 27.3 Å². The van der Waals surface area contributed by atoms with Crippen molar-refractivity contribution in [2.45, 2.75) is 6.04 Å². The number of carbonyl (C=O) groups excluding carboxylic acids is 2. The van der Waals surface area contributed by atoms with Crippen molar-refractivity contribution in [1.29, 1.82) is 0 Å². The molecule has 4 rings (SSSR count). The third kappa shape index (κ3) is 5.92. The van der Waals surface area contributed by atoms with Crippen LogP contribution in [0.25, 0.3) is 0 Å². The molecule has 2 fully saturated rings. The summed E-state index contributed by atoms with van der Waals surface area (Å²) in [6.07, 6.45) is 0. The first-order valence-electron chi connectivity index (χ1n) is 11.0. The van der Waals surface area contributed by atoms with Crippen LogP contribution in [0.4, 0.5) is 4.39 Å². The molecule has 0 bridgehead atoms. The first-order valence-corrected chi connectivity index (χ1v) is 11.9. The van der Waals surface area contributed by atoms with Gasteiger partial charge in [0, 0.05) is 44.1 Å². The van der Waals surface area contributed by atoms with E-state index in [9.17, 15) is 14.0 Å². The number of carbonyl (C=O) groups is 2. The second-order valence-corrected chi connectivity index (χ2v) is 9.01. The van der Waals surface area contributed by atoms with E-state index in [-0.39, 0.29) is 30.2 Å². The molecule has 7 nitrogen and oxygen atoms in total. The summed E-state index contributed by atoms with van der Waals surface area (Å²) in [5, 5.41) is 5.34. The first kappa shape index (κ1) is 22.8. The normalized spacial score (nSPS) is 18.5. The molecular formula is C23H29FN4O3S. The number of benzene rings is 1. The fourth-order valence-corrected chi connectivity index (χ4v) is 4.88. The molecule has 1 N–H and O–H groups in total. The number of hydrogen-bond acceptors (Lipinski definition) is 6. The van der Waals surface area contributed by atoms with Gasteiger partial charge in [0.05, 0.1) is 32.3 Å². The van der Waals surface area contributed by atoms with Gasteiger partial charge in [0.2, 0.25) is 11.8 Å². The Labute approximate surface area is 191 Å². The molecule has 0 radical (unpaired) electrons. The van der Waals surface area contributed by atoms with Gasteiger partial charge in [-0.3, -0.25) is 19.8 Å². The summed E-state index contributed by atoms with van der Waals surface area (Å²) in [5.74, 6) is -0.111. The SMILES string of the molecule is O=C(CN[C@@H](c1ccc(F)cc1)c1cccs1)N1CCN(CC(=O)N2CCOCC2)CC1. The molecule has 0 aliphatic carbocycles. The number of nitrogens with zero attached hydrogens (tertiary/aromatic N) is 3. The number of morpholine rings is 1. The highest BCUT2D eigenvalue weighted by atomic mass is 32.1. The smallest absolute Gasteiger partial charge is 0.236 e. The number of hydrogen-bond donors (Lipinski definition) is 1. The van der Waals surface area contributed by atoms with E-state index in [4.69, 9.17) is 4.74 Å². The summed E-state index contributed by atoms with van der Waals surface area (Å²) in [6.45, 7) is 5.70. The standard InChI is InChI=1S/C23H29FN4O3S/c24-19-5-3-18(4-6-19)23(20-2-1-15-32-20)25-16-21(29)27-9-7-26(8-10-27)17-22(30)28-11-13-31-14-12-28/h1-6,15,23,25H,7-14,16-17H2/t23-/m0/s1. The van der Waals surface area contributed by atoms with Crippen molar-refractivity contribution < 1.29 is 18.7 Å². The Morgan fingerprint density at radius 1 is 0.969 bits per heavy atom. The molecule has 9 heteroatoms. The Bertz CT molecular complexity index is 879. The minimum atomic E-state index is -0.278. The molecule has 2 aliphatic heterocycles. The monoisotopic (exact) mass is 460 g/mol. The predicted molar refractivity (Wildman–Crippen MR) is 121 cm³/mol. The Morgan fingerprint density at radius 2 is 1.66 bits per heavy atom. The predicted octanol–water partition coefficient (Wildman–Crippen LogP) is 1.57. The maximum absolute atomic E-state index is 13.4. The molecule has 32 heavy (non-hydrogen) atoms. The van der Waals surface area contributed by atoms with Crippen LogP contribution in [0.1, 0.15) is 16.5 Å². The van der Waals surface area contributed by atoms with Gasteiger partial charge in [-0.05, 0) is 29.1 Å². The van der Waals surface area contributed by atoms with Crippen LogP contribution in [0.2, 0.25) is 0 Å². The Kier molecular flexibility index (Phi) is 7.85. The molecule has 2 aliphatic rings. The summed E-state index contributed by atoms with van der Waals surface area (Å²) < 4.78 is 18.7. The zero-order valence-corrected chi connectivity index (χ0v) is 18.9. The molecular weight excluding hydrogens is 431 g/mol. The lowest BCUT2D eigenvalue weighted by molar-refractivity contribution is -0.137. The molecule has 0 unspecified atom stereocenters. The van der Waals surface area contributed by atoms with Crippen molar-refractivity contribution >= 4 is 23.2 Å². The average Bonchev–Trinajstić information content (AvgIpc) is 3.36. The van der Waals surface area contributed by atoms with E-state index >= 15 is 0 Å². The fourth-order valence-electron chi connectivity index (χ4n) is 4.05. The molecule has 0 saturated carbocycles. The van der Waals surface area contributed by atoms with Crippen molar-refractivity contribution in [3.05, 3.63) is 58.0 Å². The molecule has 172 valence electrons. The van der Waals surface area contributed by atoms with Gasteiger partial charge in [0.15, 0.2) is 0 Å². The van der Waals surface area contributed by atoms with Crippen molar-refractivity contribution in [3.8, 4) is 0 Å². The summed E-state index contributed by atoms with van der Waals surface area (Å²) in [7, 11) is 0. The summed E-state index contributed by atoms with van der Waals surface area (Å²) in [4.78, 5) is 32.2. The van der Waals surface area contributed by atoms with Crippen LogP contribution in [0.15, 0.2) is 41.8 Å². The van der Waals surface area contributed by atoms with E-state index in [0.717, 1.165) is 10.4 Å². The number of rotatable bonds is 7. The van der Waals surface area contributed by atoms with Crippen LogP contribution < -0.4 is 5.32 Å². The minimum Gasteiger partial charge on any atom is -0.378 e. The maximum atomic E-state index is 13.4. The second kappa shape index (κ2) is 11.0. The van der Waals surface area contributed by atoms with Gasteiger partial charge in [0.1, 0.15) is 5.82 Å². The van der Waals surface area contributed by atoms with Crippen LogP contribution in [-0.2, 0) is 14.3 Å². The lowest BCUT2D eigenvalue weighted by atomic mass is 10.1. The third-order valence-corrected chi connectivity index (χ3v) is 6.87. The number of halogens is 1. The fraction of sp³-hybridized carbons (Fsp3) is 0.478. The highest BCUT2D eigenvalue weighted by Gasteiger charge is 2.25. The lowest BCUT2D eigenvalue weighted by Gasteiger charge is -2.36. The zero-order valence-electron chi connectivity index (χ0n) is 18.0. The van der Waals surface area contributed by atoms with Gasteiger partial charge in [-0.15, -0.1) is 11.3 Å². The Balaban J connectivity index is 1.26. The summed E-state index contributed by atoms with van der Waals surface area (Å²) >= 11 is 1.60. The molecule has 2 saturated heterocycles. The molecule has 1 atom stereocenters. The van der Waals surface area contributed by atoms with Crippen LogP contribution >= 0.6 is 11.3 Å². The van der Waals surface area contributed by atoms with E-state index in [2.05, 4.69) is 10.2 Å². The largest absolute Gasteiger partial charge is 0.378 e. The highest BCUT2D eigenvalue weighted by molar-refractivity contribution is 7.10. The Hall–Kier alpha value is -2.33. The van der Waals surface area contributed by atoms with Crippen molar-refractivity contribution in [2.24, 2.45) is 0 Å². The van der Waals surface area contributed by atoms with E-state index in [0.29, 0.717) is 59.0 Å². The Morgan fingerprint density at radius 3 is 2.31 bits per heavy atom. The first-order chi connectivity index (χ1) is 15.6. The quantitative estimate of drug-likeness (QED) is 0.680.